The number of benzene rings is 2. The van der Waals surface area contributed by atoms with Crippen LogP contribution in [-0.2, 0) is 0 Å². The van der Waals surface area contributed by atoms with Gasteiger partial charge in [0, 0.05) is 31.3 Å². The van der Waals surface area contributed by atoms with E-state index in [2.05, 4.69) is 15.3 Å². The molecule has 0 saturated carbocycles. The lowest BCUT2D eigenvalue weighted by Crippen LogP contribution is -2.11. The summed E-state index contributed by atoms with van der Waals surface area (Å²) in [5.41, 5.74) is 1.72. The molecule has 0 radical (unpaired) electrons. The number of rotatable bonds is 5. The molecule has 1 N–H and O–H groups in total. The predicted octanol–water partition coefficient (Wildman–Crippen LogP) is 4.12. The first kappa shape index (κ1) is 18.7. The molecule has 0 aliphatic heterocycles. The van der Waals surface area contributed by atoms with Gasteiger partial charge in [-0.2, -0.15) is 14.9 Å². The average Bonchev–Trinajstić information content (AvgIpc) is 3.00. The van der Waals surface area contributed by atoms with Gasteiger partial charge in [0.25, 0.3) is 5.69 Å². The number of nitro benzene ring substituents is 1. The lowest BCUT2D eigenvalue weighted by atomic mass is 10.2. The molecule has 0 unspecified atom stereocenters. The second kappa shape index (κ2) is 7.68. The quantitative estimate of drug-likeness (QED) is 0.300. The molecule has 0 aliphatic rings. The van der Waals surface area contributed by atoms with Crippen LogP contribution in [0.5, 0.6) is 0 Å². The number of anilines is 1. The maximum Gasteiger partial charge on any atom is 0.293 e. The fourth-order valence-electron chi connectivity index (χ4n) is 2.49. The zero-order chi connectivity index (χ0) is 19.6. The van der Waals surface area contributed by atoms with E-state index in [-0.39, 0.29) is 10.5 Å². The van der Waals surface area contributed by atoms with Crippen LogP contribution in [-0.4, -0.2) is 40.1 Å². The second-order valence-corrected chi connectivity index (χ2v) is 6.58. The lowest BCUT2D eigenvalue weighted by molar-refractivity contribution is -0.384. The van der Waals surface area contributed by atoms with Crippen LogP contribution in [0.1, 0.15) is 5.56 Å². The third-order valence-corrected chi connectivity index (χ3v) is 4.36. The van der Waals surface area contributed by atoms with Crippen molar-refractivity contribution in [2.75, 3.05) is 19.0 Å². The number of nitrogens with one attached hydrogen (secondary N) is 1. The Hall–Kier alpha value is -3.04. The molecule has 0 spiro atoms. The minimum Gasteiger partial charge on any atom is -0.372 e. The number of halogens is 1. The van der Waals surface area contributed by atoms with Gasteiger partial charge in [0.1, 0.15) is 5.69 Å². The second-order valence-electron chi connectivity index (χ2n) is 5.79. The number of hydrogen-bond acceptors (Lipinski definition) is 6. The summed E-state index contributed by atoms with van der Waals surface area (Å²) in [6.07, 6.45) is 1.48. The van der Waals surface area contributed by atoms with E-state index >= 15 is 0 Å². The van der Waals surface area contributed by atoms with E-state index in [1.165, 1.54) is 17.0 Å². The van der Waals surface area contributed by atoms with Gasteiger partial charge >= 0.3 is 0 Å². The Morgan fingerprint density at radius 1 is 1.33 bits per heavy atom. The minimum atomic E-state index is -0.425. The minimum absolute atomic E-state index is 0.00827. The highest BCUT2D eigenvalue weighted by Crippen LogP contribution is 2.28. The summed E-state index contributed by atoms with van der Waals surface area (Å²) in [5, 5.41) is 23.0. The van der Waals surface area contributed by atoms with E-state index in [0.717, 1.165) is 0 Å². The first-order chi connectivity index (χ1) is 12.9. The molecule has 138 valence electrons. The fraction of sp³-hybridized carbons (Fsp3) is 0.118. The zero-order valence-corrected chi connectivity index (χ0v) is 16.0. The molecule has 0 bridgehead atoms. The first-order valence-electron chi connectivity index (χ1n) is 7.81. The number of H-pyrrole nitrogens is 1. The molecule has 10 heteroatoms. The number of nitro groups is 1. The van der Waals surface area contributed by atoms with Gasteiger partial charge in [-0.25, -0.2) is 5.10 Å². The van der Waals surface area contributed by atoms with Crippen LogP contribution in [0.15, 0.2) is 47.6 Å². The zero-order valence-electron chi connectivity index (χ0n) is 14.5. The largest absolute Gasteiger partial charge is 0.372 e. The molecule has 2 aromatic carbocycles. The maximum absolute atomic E-state index is 11.3. The van der Waals surface area contributed by atoms with Crippen molar-refractivity contribution in [1.82, 2.24) is 14.9 Å². The van der Waals surface area contributed by atoms with Crippen LogP contribution in [0.25, 0.3) is 11.4 Å². The number of nitrogens with zero attached hydrogens (tertiary/aromatic N) is 5. The molecule has 0 fully saturated rings. The van der Waals surface area contributed by atoms with Crippen molar-refractivity contribution < 1.29 is 4.92 Å². The Morgan fingerprint density at radius 3 is 2.74 bits per heavy atom. The Bertz CT molecular complexity index is 1090. The molecule has 27 heavy (non-hydrogen) atoms. The molecule has 0 atom stereocenters. The highest BCUT2D eigenvalue weighted by molar-refractivity contribution is 7.71. The Labute approximate surface area is 164 Å². The van der Waals surface area contributed by atoms with E-state index < -0.39 is 4.92 Å². The summed E-state index contributed by atoms with van der Waals surface area (Å²) >= 11 is 11.5. The monoisotopic (exact) mass is 402 g/mol. The summed E-state index contributed by atoms with van der Waals surface area (Å²) in [6, 6.07) is 12.1. The van der Waals surface area contributed by atoms with Crippen LogP contribution in [0.3, 0.4) is 0 Å². The molecule has 3 rings (SSSR count). The van der Waals surface area contributed by atoms with Crippen molar-refractivity contribution in [3.8, 4) is 11.4 Å². The van der Waals surface area contributed by atoms with Crippen LogP contribution in [0.4, 0.5) is 11.4 Å². The van der Waals surface area contributed by atoms with Crippen molar-refractivity contribution >= 4 is 41.4 Å². The fourth-order valence-corrected chi connectivity index (χ4v) is 2.88. The summed E-state index contributed by atoms with van der Waals surface area (Å²) in [7, 11) is 3.49. The molecule has 0 saturated heterocycles. The van der Waals surface area contributed by atoms with Crippen LogP contribution >= 0.6 is 23.8 Å². The van der Waals surface area contributed by atoms with Crippen molar-refractivity contribution in [3.05, 3.63) is 67.9 Å². The van der Waals surface area contributed by atoms with Crippen molar-refractivity contribution in [3.63, 3.8) is 0 Å². The third-order valence-electron chi connectivity index (χ3n) is 3.77. The van der Waals surface area contributed by atoms with Crippen LogP contribution < -0.4 is 4.90 Å². The molecule has 0 aliphatic carbocycles. The van der Waals surface area contributed by atoms with Gasteiger partial charge in [-0.05, 0) is 30.4 Å². The van der Waals surface area contributed by atoms with Gasteiger partial charge in [0.05, 0.1) is 16.2 Å². The highest BCUT2D eigenvalue weighted by Gasteiger charge is 2.16. The van der Waals surface area contributed by atoms with Gasteiger partial charge in [-0.15, -0.1) is 0 Å². The van der Waals surface area contributed by atoms with Gasteiger partial charge in [-0.3, -0.25) is 10.1 Å². The van der Waals surface area contributed by atoms with Gasteiger partial charge in [0.2, 0.25) is 4.77 Å². The van der Waals surface area contributed by atoms with Crippen LogP contribution in [0.2, 0.25) is 5.02 Å². The molecule has 3 aromatic rings. The lowest BCUT2D eigenvalue weighted by Gasteiger charge is -2.12. The number of hydrogen-bond donors (Lipinski definition) is 1. The average molecular weight is 403 g/mol. The Balaban J connectivity index is 2.02. The summed E-state index contributed by atoms with van der Waals surface area (Å²) in [5.74, 6) is 0.446. The molecular weight excluding hydrogens is 388 g/mol. The van der Waals surface area contributed by atoms with Crippen LogP contribution in [0, 0.1) is 14.9 Å². The van der Waals surface area contributed by atoms with Crippen molar-refractivity contribution in [2.24, 2.45) is 5.10 Å². The van der Waals surface area contributed by atoms with E-state index in [1.54, 1.807) is 43.3 Å². The van der Waals surface area contributed by atoms with Crippen molar-refractivity contribution in [1.29, 1.82) is 0 Å². The molecule has 1 aromatic heterocycles. The topological polar surface area (TPSA) is 92.3 Å². The SMILES string of the molecule is CN(C)c1ccc(/C=N\n2c(-c3ccccc3Cl)n[nH]c2=S)cc1[N+](=O)[O-]. The maximum atomic E-state index is 11.3. The van der Waals surface area contributed by atoms with Gasteiger partial charge in [0.15, 0.2) is 5.82 Å². The summed E-state index contributed by atoms with van der Waals surface area (Å²) < 4.78 is 1.70. The standard InChI is InChI=1S/C17H15ClN6O2S/c1-22(2)14-8-7-11(9-15(14)24(25)26)10-19-23-16(20-21-17(23)27)12-5-3-4-6-13(12)18/h3-10H,1-2H3,(H,21,27)/b19-10-. The Morgan fingerprint density at radius 2 is 2.07 bits per heavy atom. The number of aromatic nitrogens is 3. The van der Waals surface area contributed by atoms with Gasteiger partial charge in [-0.1, -0.05) is 29.8 Å². The van der Waals surface area contributed by atoms with Gasteiger partial charge < -0.3 is 4.90 Å². The predicted molar refractivity (Wildman–Crippen MR) is 108 cm³/mol. The molecular formula is C17H15ClN6O2S. The van der Waals surface area contributed by atoms with E-state index in [4.69, 9.17) is 23.8 Å². The molecule has 8 nitrogen and oxygen atoms in total. The molecule has 0 amide bonds. The highest BCUT2D eigenvalue weighted by atomic mass is 35.5. The normalized spacial score (nSPS) is 11.1. The van der Waals surface area contributed by atoms with Crippen molar-refractivity contribution in [2.45, 2.75) is 0 Å². The summed E-state index contributed by atoms with van der Waals surface area (Å²) in [6.45, 7) is 0. The van der Waals surface area contributed by atoms with E-state index in [0.29, 0.717) is 27.7 Å². The smallest absolute Gasteiger partial charge is 0.293 e. The van der Waals surface area contributed by atoms with E-state index in [1.807, 2.05) is 12.1 Å². The Kier molecular flexibility index (Phi) is 5.33. The first-order valence-corrected chi connectivity index (χ1v) is 8.59. The van der Waals surface area contributed by atoms with E-state index in [9.17, 15) is 10.1 Å². The number of aromatic amines is 1. The third kappa shape index (κ3) is 3.88. The summed E-state index contributed by atoms with van der Waals surface area (Å²) in [4.78, 5) is 12.6. The molecule has 1 heterocycles.